The first-order valence-corrected chi connectivity index (χ1v) is 7.76. The summed E-state index contributed by atoms with van der Waals surface area (Å²) in [7, 11) is 0. The summed E-state index contributed by atoms with van der Waals surface area (Å²) in [4.78, 5) is 2.35. The van der Waals surface area contributed by atoms with Gasteiger partial charge in [-0.1, -0.05) is 35.3 Å². The normalized spacial score (nSPS) is 26.4. The van der Waals surface area contributed by atoms with Crippen molar-refractivity contribution >= 4 is 15.9 Å². The lowest BCUT2D eigenvalue weighted by Crippen LogP contribution is -2.47. The molecule has 1 saturated heterocycles. The van der Waals surface area contributed by atoms with E-state index in [4.69, 9.17) is 5.73 Å². The Bertz CT molecular complexity index is 438. The topological polar surface area (TPSA) is 29.3 Å². The third-order valence-electron chi connectivity index (χ3n) is 4.31. The number of nitrogens with zero attached hydrogens (tertiary/aromatic N) is 1. The van der Waals surface area contributed by atoms with Crippen molar-refractivity contribution in [3.8, 4) is 0 Å². The fraction of sp³-hybridized carbons (Fsp3) is 0.600. The molecular formula is C15H22BrFN2. The average molecular weight is 329 g/mol. The SMILES string of the molecule is CCC1CN(C(C)c2ccc(Br)cc2F)CCC1N. The molecule has 0 amide bonds. The maximum Gasteiger partial charge on any atom is 0.129 e. The van der Waals surface area contributed by atoms with Gasteiger partial charge in [0.15, 0.2) is 0 Å². The maximum atomic E-state index is 14.0. The predicted molar refractivity (Wildman–Crippen MR) is 80.5 cm³/mol. The molecule has 0 radical (unpaired) electrons. The van der Waals surface area contributed by atoms with Crippen molar-refractivity contribution in [2.75, 3.05) is 13.1 Å². The summed E-state index contributed by atoms with van der Waals surface area (Å²) < 4.78 is 14.8. The van der Waals surface area contributed by atoms with Crippen LogP contribution in [0, 0.1) is 11.7 Å². The van der Waals surface area contributed by atoms with Crippen molar-refractivity contribution in [3.05, 3.63) is 34.1 Å². The molecule has 3 atom stereocenters. The number of rotatable bonds is 3. The van der Waals surface area contributed by atoms with E-state index in [0.29, 0.717) is 12.0 Å². The van der Waals surface area contributed by atoms with Gasteiger partial charge in [-0.05, 0) is 31.4 Å². The van der Waals surface area contributed by atoms with Gasteiger partial charge in [-0.2, -0.15) is 0 Å². The number of benzene rings is 1. The van der Waals surface area contributed by atoms with Crippen LogP contribution in [0.1, 0.15) is 38.3 Å². The second-order valence-electron chi connectivity index (χ2n) is 5.46. The quantitative estimate of drug-likeness (QED) is 0.916. The Labute approximate surface area is 123 Å². The van der Waals surface area contributed by atoms with Crippen LogP contribution in [0.15, 0.2) is 22.7 Å². The van der Waals surface area contributed by atoms with Gasteiger partial charge in [-0.25, -0.2) is 4.39 Å². The molecule has 4 heteroatoms. The van der Waals surface area contributed by atoms with Gasteiger partial charge in [-0.3, -0.25) is 4.90 Å². The largest absolute Gasteiger partial charge is 0.327 e. The van der Waals surface area contributed by atoms with Crippen molar-refractivity contribution < 1.29 is 4.39 Å². The summed E-state index contributed by atoms with van der Waals surface area (Å²) in [5, 5.41) is 0. The van der Waals surface area contributed by atoms with E-state index in [2.05, 4.69) is 34.7 Å². The highest BCUT2D eigenvalue weighted by Crippen LogP contribution is 2.29. The number of halogens is 2. The van der Waals surface area contributed by atoms with Crippen molar-refractivity contribution in [1.29, 1.82) is 0 Å². The van der Waals surface area contributed by atoms with Crippen LogP contribution in [0.2, 0.25) is 0 Å². The first-order valence-electron chi connectivity index (χ1n) is 6.97. The molecular weight excluding hydrogens is 307 g/mol. The average Bonchev–Trinajstić information content (AvgIpc) is 2.38. The van der Waals surface area contributed by atoms with Crippen LogP contribution in [-0.4, -0.2) is 24.0 Å². The van der Waals surface area contributed by atoms with E-state index in [1.807, 2.05) is 12.1 Å². The summed E-state index contributed by atoms with van der Waals surface area (Å²) in [6, 6.07) is 5.72. The molecule has 0 saturated carbocycles. The van der Waals surface area contributed by atoms with Gasteiger partial charge in [0.25, 0.3) is 0 Å². The molecule has 2 N–H and O–H groups in total. The highest BCUT2D eigenvalue weighted by molar-refractivity contribution is 9.10. The zero-order valence-corrected chi connectivity index (χ0v) is 13.2. The molecule has 0 bridgehead atoms. The summed E-state index contributed by atoms with van der Waals surface area (Å²) in [5.41, 5.74) is 6.91. The Morgan fingerprint density at radius 3 is 2.89 bits per heavy atom. The minimum Gasteiger partial charge on any atom is -0.327 e. The van der Waals surface area contributed by atoms with E-state index in [1.165, 1.54) is 0 Å². The van der Waals surface area contributed by atoms with Gasteiger partial charge >= 0.3 is 0 Å². The Kier molecular flexibility index (Phi) is 4.98. The Hall–Kier alpha value is -0.450. The van der Waals surface area contributed by atoms with Crippen LogP contribution in [0.4, 0.5) is 4.39 Å². The third kappa shape index (κ3) is 3.36. The maximum absolute atomic E-state index is 14.0. The molecule has 1 aromatic rings. The third-order valence-corrected chi connectivity index (χ3v) is 4.80. The molecule has 0 aliphatic carbocycles. The van der Waals surface area contributed by atoms with Gasteiger partial charge < -0.3 is 5.73 Å². The summed E-state index contributed by atoms with van der Waals surface area (Å²) in [5.74, 6) is 0.388. The number of likely N-dealkylation sites (tertiary alicyclic amines) is 1. The van der Waals surface area contributed by atoms with E-state index in [-0.39, 0.29) is 11.9 Å². The van der Waals surface area contributed by atoms with Gasteiger partial charge in [0.1, 0.15) is 5.82 Å². The zero-order chi connectivity index (χ0) is 14.0. The van der Waals surface area contributed by atoms with Gasteiger partial charge in [0.05, 0.1) is 0 Å². The van der Waals surface area contributed by atoms with Crippen molar-refractivity contribution in [3.63, 3.8) is 0 Å². The first-order chi connectivity index (χ1) is 9.02. The smallest absolute Gasteiger partial charge is 0.129 e. The van der Waals surface area contributed by atoms with Crippen LogP contribution in [-0.2, 0) is 0 Å². The predicted octanol–water partition coefficient (Wildman–Crippen LogP) is 3.71. The lowest BCUT2D eigenvalue weighted by Gasteiger charge is -2.40. The number of nitrogens with two attached hydrogens (primary N) is 1. The van der Waals surface area contributed by atoms with E-state index < -0.39 is 0 Å². The molecule has 2 rings (SSSR count). The second-order valence-corrected chi connectivity index (χ2v) is 6.37. The van der Waals surface area contributed by atoms with Crippen LogP contribution in [0.3, 0.4) is 0 Å². The molecule has 1 aromatic carbocycles. The van der Waals surface area contributed by atoms with Gasteiger partial charge in [-0.15, -0.1) is 0 Å². The molecule has 1 aliphatic heterocycles. The van der Waals surface area contributed by atoms with Crippen molar-refractivity contribution in [2.45, 2.75) is 38.8 Å². The molecule has 1 fully saturated rings. The van der Waals surface area contributed by atoms with Crippen molar-refractivity contribution in [2.24, 2.45) is 11.7 Å². The monoisotopic (exact) mass is 328 g/mol. The summed E-state index contributed by atoms with van der Waals surface area (Å²) in [6.45, 7) is 6.18. The van der Waals surface area contributed by atoms with E-state index in [0.717, 1.165) is 36.0 Å². The minimum absolute atomic E-state index is 0.106. The number of hydrogen-bond acceptors (Lipinski definition) is 2. The van der Waals surface area contributed by atoms with Crippen molar-refractivity contribution in [1.82, 2.24) is 4.90 Å². The molecule has 2 nitrogen and oxygen atoms in total. The lowest BCUT2D eigenvalue weighted by molar-refractivity contribution is 0.112. The molecule has 3 unspecified atom stereocenters. The molecule has 1 aliphatic rings. The number of hydrogen-bond donors (Lipinski definition) is 1. The first kappa shape index (κ1) is 14.9. The van der Waals surface area contributed by atoms with E-state index >= 15 is 0 Å². The van der Waals surface area contributed by atoms with Crippen LogP contribution in [0.5, 0.6) is 0 Å². The minimum atomic E-state index is -0.134. The fourth-order valence-corrected chi connectivity index (χ4v) is 3.23. The van der Waals surface area contributed by atoms with Crippen LogP contribution >= 0.6 is 15.9 Å². The highest BCUT2D eigenvalue weighted by atomic mass is 79.9. The number of piperidine rings is 1. The Balaban J connectivity index is 2.13. The molecule has 1 heterocycles. The second kappa shape index (κ2) is 6.33. The van der Waals surface area contributed by atoms with E-state index in [9.17, 15) is 4.39 Å². The van der Waals surface area contributed by atoms with Gasteiger partial charge in [0.2, 0.25) is 0 Å². The zero-order valence-electron chi connectivity index (χ0n) is 11.6. The standard InChI is InChI=1S/C15H22BrFN2/c1-3-11-9-19(7-6-15(11)18)10(2)13-5-4-12(16)8-14(13)17/h4-5,8,10-11,15H,3,6-7,9,18H2,1-2H3. The summed E-state index contributed by atoms with van der Waals surface area (Å²) >= 11 is 3.30. The Morgan fingerprint density at radius 1 is 1.53 bits per heavy atom. The highest BCUT2D eigenvalue weighted by Gasteiger charge is 2.29. The Morgan fingerprint density at radius 2 is 2.26 bits per heavy atom. The molecule has 106 valence electrons. The van der Waals surface area contributed by atoms with E-state index in [1.54, 1.807) is 6.07 Å². The fourth-order valence-electron chi connectivity index (χ4n) is 2.90. The molecule has 19 heavy (non-hydrogen) atoms. The van der Waals surface area contributed by atoms with Gasteiger partial charge in [0, 0.05) is 35.2 Å². The molecule has 0 spiro atoms. The lowest BCUT2D eigenvalue weighted by atomic mass is 9.89. The van der Waals surface area contributed by atoms with Crippen LogP contribution in [0.25, 0.3) is 0 Å². The van der Waals surface area contributed by atoms with Crippen LogP contribution < -0.4 is 5.73 Å². The summed E-state index contributed by atoms with van der Waals surface area (Å²) in [6.07, 6.45) is 2.09. The molecule has 0 aromatic heterocycles.